The van der Waals surface area contributed by atoms with Crippen LogP contribution < -0.4 is 32.3 Å². The van der Waals surface area contributed by atoms with Crippen molar-refractivity contribution in [2.75, 3.05) is 23.7 Å². The van der Waals surface area contributed by atoms with Gasteiger partial charge in [0.25, 0.3) is 11.8 Å². The number of ether oxygens (including phenoxy) is 1. The number of anilines is 2. The first kappa shape index (κ1) is 40.7. The van der Waals surface area contributed by atoms with Crippen molar-refractivity contribution < 1.29 is 43.4 Å². The van der Waals surface area contributed by atoms with Gasteiger partial charge in [-0.1, -0.05) is 44.5 Å². The average Bonchev–Trinajstić information content (AvgIpc) is 3.43. The van der Waals surface area contributed by atoms with E-state index in [1.54, 1.807) is 62.4 Å². The van der Waals surface area contributed by atoms with Crippen molar-refractivity contribution in [2.24, 2.45) is 11.7 Å². The fourth-order valence-corrected chi connectivity index (χ4v) is 5.12. The van der Waals surface area contributed by atoms with Gasteiger partial charge in [-0.05, 0) is 67.0 Å². The Morgan fingerprint density at radius 1 is 0.788 bits per heavy atom. The second-order valence-electron chi connectivity index (χ2n) is 12.5. The van der Waals surface area contributed by atoms with E-state index in [9.17, 15) is 33.6 Å². The predicted molar refractivity (Wildman–Crippen MR) is 191 cm³/mol. The van der Waals surface area contributed by atoms with Gasteiger partial charge in [0.15, 0.2) is 0 Å². The van der Waals surface area contributed by atoms with Crippen molar-refractivity contribution >= 4 is 53.0 Å². The first-order valence-corrected chi connectivity index (χ1v) is 17.1. The number of nitrogens with zero attached hydrogens (tertiary/aromatic N) is 1. The molecule has 52 heavy (non-hydrogen) atoms. The molecule has 280 valence electrons. The molecular formula is C36H47N7O9. The van der Waals surface area contributed by atoms with Crippen LogP contribution in [0.3, 0.4) is 0 Å². The summed E-state index contributed by atoms with van der Waals surface area (Å²) >= 11 is 0. The molecule has 0 saturated carbocycles. The van der Waals surface area contributed by atoms with Crippen LogP contribution in [0.2, 0.25) is 0 Å². The van der Waals surface area contributed by atoms with Crippen molar-refractivity contribution in [1.82, 2.24) is 20.9 Å². The fraction of sp³-hybridized carbons (Fsp3) is 0.417. The third kappa shape index (κ3) is 13.9. The van der Waals surface area contributed by atoms with E-state index in [1.165, 1.54) is 12.2 Å². The first-order valence-electron chi connectivity index (χ1n) is 17.1. The lowest BCUT2D eigenvalue weighted by Crippen LogP contribution is -2.54. The molecule has 16 nitrogen and oxygen atoms in total. The molecule has 1 heterocycles. The lowest BCUT2D eigenvalue weighted by molar-refractivity contribution is -0.137. The van der Waals surface area contributed by atoms with Crippen LogP contribution in [0.4, 0.5) is 21.0 Å². The van der Waals surface area contributed by atoms with Gasteiger partial charge < -0.3 is 36.8 Å². The van der Waals surface area contributed by atoms with E-state index < -0.39 is 36.0 Å². The third-order valence-electron chi connectivity index (χ3n) is 8.03. The van der Waals surface area contributed by atoms with Gasteiger partial charge >= 0.3 is 12.1 Å². The van der Waals surface area contributed by atoms with E-state index in [4.69, 9.17) is 15.6 Å². The molecule has 0 aliphatic carbocycles. The number of aliphatic hydroxyl groups excluding tert-OH is 1. The number of imide groups is 1. The number of unbranched alkanes of at least 4 members (excludes halogenated alkanes) is 2. The molecule has 0 unspecified atom stereocenters. The quantitative estimate of drug-likeness (QED) is 0.0784. The maximum atomic E-state index is 13.4. The summed E-state index contributed by atoms with van der Waals surface area (Å²) in [5, 5.41) is 22.4. The number of hydrogen-bond donors (Lipinski definition) is 7. The molecule has 8 amide bonds. The highest BCUT2D eigenvalue weighted by atomic mass is 16.5. The van der Waals surface area contributed by atoms with Crippen LogP contribution in [-0.2, 0) is 41.9 Å². The summed E-state index contributed by atoms with van der Waals surface area (Å²) in [7, 11) is 0. The maximum Gasteiger partial charge on any atom is 0.411 e. The molecule has 0 fully saturated rings. The van der Waals surface area contributed by atoms with Crippen LogP contribution in [0, 0.1) is 5.92 Å². The van der Waals surface area contributed by atoms with Gasteiger partial charge in [0.1, 0.15) is 18.7 Å². The second kappa shape index (κ2) is 20.8. The highest BCUT2D eigenvalue weighted by molar-refractivity contribution is 6.12. The largest absolute Gasteiger partial charge is 0.444 e. The molecule has 3 rings (SSSR count). The highest BCUT2D eigenvalue weighted by Gasteiger charge is 2.29. The normalized spacial score (nSPS) is 13.3. The zero-order valence-corrected chi connectivity index (χ0v) is 29.3. The number of hydrogen-bond acceptors (Lipinski definition) is 9. The first-order chi connectivity index (χ1) is 24.9. The van der Waals surface area contributed by atoms with E-state index in [2.05, 4.69) is 26.6 Å². The minimum atomic E-state index is -1.02. The monoisotopic (exact) mass is 721 g/mol. The van der Waals surface area contributed by atoms with Gasteiger partial charge in [0.2, 0.25) is 17.7 Å². The van der Waals surface area contributed by atoms with Gasteiger partial charge in [-0.15, -0.1) is 0 Å². The highest BCUT2D eigenvalue weighted by Crippen LogP contribution is 2.15. The van der Waals surface area contributed by atoms with Crippen LogP contribution >= 0.6 is 0 Å². The minimum absolute atomic E-state index is 0.0407. The number of urea groups is 1. The van der Waals surface area contributed by atoms with Crippen molar-refractivity contribution in [3.05, 3.63) is 71.8 Å². The van der Waals surface area contributed by atoms with Crippen molar-refractivity contribution in [2.45, 2.75) is 77.7 Å². The summed E-state index contributed by atoms with van der Waals surface area (Å²) in [6, 6.07) is 10.5. The summed E-state index contributed by atoms with van der Waals surface area (Å²) in [6.45, 7) is 3.81. The Bertz CT molecular complexity index is 1580. The Morgan fingerprint density at radius 2 is 1.40 bits per heavy atom. The molecule has 8 N–H and O–H groups in total. The van der Waals surface area contributed by atoms with Gasteiger partial charge in [-0.2, -0.15) is 0 Å². The number of nitrogens with two attached hydrogens (primary N) is 1. The summed E-state index contributed by atoms with van der Waals surface area (Å²) in [6.07, 6.45) is 3.99. The van der Waals surface area contributed by atoms with Gasteiger partial charge in [-0.3, -0.25) is 34.2 Å². The van der Waals surface area contributed by atoms with Crippen LogP contribution in [0.5, 0.6) is 0 Å². The van der Waals surface area contributed by atoms with E-state index in [0.717, 1.165) is 4.90 Å². The number of amides is 8. The van der Waals surface area contributed by atoms with Gasteiger partial charge in [0, 0.05) is 43.0 Å². The number of carbonyl (C=O) groups excluding carboxylic acids is 7. The molecule has 1 aliphatic rings. The molecule has 0 saturated heterocycles. The summed E-state index contributed by atoms with van der Waals surface area (Å²) < 4.78 is 5.26. The van der Waals surface area contributed by atoms with Crippen LogP contribution in [0.25, 0.3) is 0 Å². The Morgan fingerprint density at radius 3 is 2.00 bits per heavy atom. The molecule has 1 aliphatic heterocycles. The average molecular weight is 722 g/mol. The number of nitrogens with one attached hydrogen (secondary N) is 5. The Labute approximate surface area is 301 Å². The topological polar surface area (TPSA) is 238 Å². The lowest BCUT2D eigenvalue weighted by Gasteiger charge is -2.25. The standard InChI is InChI=1S/C36H47N7O9/c1-23(2)32(42-29(45)8-4-3-5-20-43-30(46)17-18-31(43)47)34(49)41-28(7-6-19-38-35(37)50)33(48)39-26-15-11-25(12-16-26)22-52-36(51)40-27-13-9-24(21-44)10-14-27/h9-18,23,28,32,44H,3-8,19-22H2,1-2H3,(H,39,48)(H,40,51)(H,41,49)(H,42,45)(H3,37,38,50)/t28-,32-/m0/s1. The number of primary amides is 1. The van der Waals surface area contributed by atoms with Crippen LogP contribution in [-0.4, -0.2) is 76.8 Å². The number of aliphatic hydroxyl groups is 1. The Kier molecular flexibility index (Phi) is 16.3. The Hall–Kier alpha value is -5.77. The van der Waals surface area contributed by atoms with E-state index in [1.807, 2.05) is 0 Å². The van der Waals surface area contributed by atoms with E-state index in [-0.39, 0.29) is 62.8 Å². The van der Waals surface area contributed by atoms with E-state index in [0.29, 0.717) is 48.2 Å². The third-order valence-corrected chi connectivity index (χ3v) is 8.03. The minimum Gasteiger partial charge on any atom is -0.444 e. The zero-order chi connectivity index (χ0) is 38.0. The second-order valence-corrected chi connectivity index (χ2v) is 12.5. The SMILES string of the molecule is CC(C)[C@H](NC(=O)CCCCCN1C(=O)C=CC1=O)C(=O)N[C@@H](CCCNC(N)=O)C(=O)Nc1ccc(COC(=O)Nc2ccc(CO)cc2)cc1. The number of rotatable bonds is 20. The van der Waals surface area contributed by atoms with Crippen LogP contribution in [0.1, 0.15) is 63.5 Å². The molecule has 0 aromatic heterocycles. The van der Waals surface area contributed by atoms with Crippen molar-refractivity contribution in [3.8, 4) is 0 Å². The molecule has 2 atom stereocenters. The number of benzene rings is 2. The number of carbonyl (C=O) groups is 7. The molecule has 16 heteroatoms. The summed E-state index contributed by atoms with van der Waals surface area (Å²) in [4.78, 5) is 87.3. The van der Waals surface area contributed by atoms with Crippen LogP contribution in [0.15, 0.2) is 60.7 Å². The van der Waals surface area contributed by atoms with Gasteiger partial charge in [-0.25, -0.2) is 9.59 Å². The van der Waals surface area contributed by atoms with Crippen molar-refractivity contribution in [1.29, 1.82) is 0 Å². The smallest absolute Gasteiger partial charge is 0.411 e. The molecule has 0 radical (unpaired) electrons. The molecular weight excluding hydrogens is 674 g/mol. The molecule has 2 aromatic carbocycles. The summed E-state index contributed by atoms with van der Waals surface area (Å²) in [5.74, 6) is -2.45. The Balaban J connectivity index is 1.51. The summed E-state index contributed by atoms with van der Waals surface area (Å²) in [5.41, 5.74) is 7.42. The zero-order valence-electron chi connectivity index (χ0n) is 29.3. The fourth-order valence-electron chi connectivity index (χ4n) is 5.12. The molecule has 2 aromatic rings. The molecule has 0 spiro atoms. The van der Waals surface area contributed by atoms with Gasteiger partial charge in [0.05, 0.1) is 6.61 Å². The predicted octanol–water partition coefficient (Wildman–Crippen LogP) is 2.43. The van der Waals surface area contributed by atoms with E-state index >= 15 is 0 Å². The van der Waals surface area contributed by atoms with Crippen molar-refractivity contribution in [3.63, 3.8) is 0 Å². The molecule has 0 bridgehead atoms. The maximum absolute atomic E-state index is 13.4. The lowest BCUT2D eigenvalue weighted by atomic mass is 10.0.